The van der Waals surface area contributed by atoms with Gasteiger partial charge in [0.05, 0.1) is 16.9 Å². The number of hydrogen-bond acceptors (Lipinski definition) is 5. The standard InChI is InChI=1S/C31H27BrN4O2S/c1-17-9-14-23(18(2)15-17)36-29(37)24-19(3)35-31-26(25(24)21-10-12-22(32)13-11-21)27(33)28(39-31)30(38)34-16-20-7-5-4-6-8-20/h4-15H,16,33H2,1-3H3,(H,34,38)(H,36,37). The second-order valence-corrected chi connectivity index (χ2v) is 11.3. The summed E-state index contributed by atoms with van der Waals surface area (Å²) in [6.45, 7) is 6.16. The van der Waals surface area contributed by atoms with Gasteiger partial charge in [-0.15, -0.1) is 11.3 Å². The SMILES string of the molecule is Cc1ccc(NC(=O)c2c(C)nc3sc(C(=O)NCc4ccccc4)c(N)c3c2-c2ccc(Br)cc2)c(C)c1. The number of nitrogens with one attached hydrogen (secondary N) is 2. The Bertz CT molecular complexity index is 1710. The van der Waals surface area contributed by atoms with Crippen molar-refractivity contribution in [2.75, 3.05) is 11.1 Å². The molecule has 0 aliphatic rings. The van der Waals surface area contributed by atoms with Crippen LogP contribution in [-0.2, 0) is 6.54 Å². The average molecular weight is 600 g/mol. The van der Waals surface area contributed by atoms with E-state index in [0.717, 1.165) is 32.4 Å². The Morgan fingerprint density at radius 3 is 2.36 bits per heavy atom. The average Bonchev–Trinajstić information content (AvgIpc) is 3.24. The van der Waals surface area contributed by atoms with E-state index >= 15 is 0 Å². The quantitative estimate of drug-likeness (QED) is 0.189. The maximum Gasteiger partial charge on any atom is 0.263 e. The third-order valence-corrected chi connectivity index (χ3v) is 8.18. The number of fused-ring (bicyclic) bond motifs is 1. The highest BCUT2D eigenvalue weighted by molar-refractivity contribution is 9.10. The fourth-order valence-corrected chi connectivity index (χ4v) is 5.95. The van der Waals surface area contributed by atoms with Gasteiger partial charge in [0.25, 0.3) is 11.8 Å². The van der Waals surface area contributed by atoms with E-state index in [4.69, 9.17) is 10.7 Å². The maximum absolute atomic E-state index is 13.8. The van der Waals surface area contributed by atoms with Gasteiger partial charge >= 0.3 is 0 Å². The zero-order valence-corrected chi connectivity index (χ0v) is 24.2. The Morgan fingerprint density at radius 1 is 0.949 bits per heavy atom. The molecule has 8 heteroatoms. The minimum atomic E-state index is -0.285. The topological polar surface area (TPSA) is 97.1 Å². The van der Waals surface area contributed by atoms with Crippen LogP contribution in [0.2, 0.25) is 0 Å². The first-order valence-electron chi connectivity index (χ1n) is 12.4. The lowest BCUT2D eigenvalue weighted by molar-refractivity contribution is 0.0955. The zero-order valence-electron chi connectivity index (χ0n) is 21.8. The molecule has 4 N–H and O–H groups in total. The van der Waals surface area contributed by atoms with Crippen molar-refractivity contribution in [2.24, 2.45) is 0 Å². The molecule has 0 unspecified atom stereocenters. The van der Waals surface area contributed by atoms with Crippen molar-refractivity contribution in [2.45, 2.75) is 27.3 Å². The number of aryl methyl sites for hydroxylation is 3. The number of nitrogens with two attached hydrogens (primary N) is 1. The van der Waals surface area contributed by atoms with E-state index in [2.05, 4.69) is 26.6 Å². The van der Waals surface area contributed by atoms with E-state index in [0.29, 0.717) is 44.1 Å². The molecule has 5 rings (SSSR count). The van der Waals surface area contributed by atoms with Crippen molar-refractivity contribution >= 4 is 60.7 Å². The normalized spacial score (nSPS) is 11.0. The lowest BCUT2D eigenvalue weighted by Crippen LogP contribution is -2.22. The summed E-state index contributed by atoms with van der Waals surface area (Å²) in [4.78, 5) is 32.8. The first kappa shape index (κ1) is 26.6. The molecular weight excluding hydrogens is 572 g/mol. The van der Waals surface area contributed by atoms with Gasteiger partial charge in [-0.05, 0) is 55.7 Å². The Morgan fingerprint density at radius 2 is 1.67 bits per heavy atom. The van der Waals surface area contributed by atoms with Crippen molar-refractivity contribution < 1.29 is 9.59 Å². The Hall–Kier alpha value is -4.01. The first-order valence-corrected chi connectivity index (χ1v) is 14.0. The van der Waals surface area contributed by atoms with Gasteiger partial charge in [0.1, 0.15) is 9.71 Å². The number of halogens is 1. The summed E-state index contributed by atoms with van der Waals surface area (Å²) in [6, 6.07) is 23.3. The number of nitrogens with zero attached hydrogens (tertiary/aromatic N) is 1. The predicted molar refractivity (Wildman–Crippen MR) is 163 cm³/mol. The molecule has 0 aliphatic carbocycles. The monoisotopic (exact) mass is 598 g/mol. The zero-order chi connectivity index (χ0) is 27.7. The molecule has 3 aromatic carbocycles. The van der Waals surface area contributed by atoms with E-state index in [1.165, 1.54) is 11.3 Å². The molecule has 0 saturated heterocycles. The fourth-order valence-electron chi connectivity index (χ4n) is 4.61. The second-order valence-electron chi connectivity index (χ2n) is 9.42. The highest BCUT2D eigenvalue weighted by atomic mass is 79.9. The number of thiophene rings is 1. The number of carbonyl (C=O) groups excluding carboxylic acids is 2. The van der Waals surface area contributed by atoms with E-state index in [1.54, 1.807) is 0 Å². The summed E-state index contributed by atoms with van der Waals surface area (Å²) in [5.74, 6) is -0.563. The van der Waals surface area contributed by atoms with Gasteiger partial charge < -0.3 is 16.4 Å². The smallest absolute Gasteiger partial charge is 0.263 e. The van der Waals surface area contributed by atoms with Crippen LogP contribution in [0.15, 0.2) is 77.3 Å². The summed E-state index contributed by atoms with van der Waals surface area (Å²) in [5.41, 5.74) is 13.2. The lowest BCUT2D eigenvalue weighted by atomic mass is 9.94. The van der Waals surface area contributed by atoms with Gasteiger partial charge in [0, 0.05) is 27.7 Å². The van der Waals surface area contributed by atoms with E-state index in [1.807, 2.05) is 93.6 Å². The molecule has 2 amide bonds. The number of pyridine rings is 1. The van der Waals surface area contributed by atoms with Crippen LogP contribution in [0.25, 0.3) is 21.3 Å². The maximum atomic E-state index is 13.8. The van der Waals surface area contributed by atoms with Gasteiger partial charge in [-0.2, -0.15) is 0 Å². The molecule has 6 nitrogen and oxygen atoms in total. The van der Waals surface area contributed by atoms with Crippen LogP contribution < -0.4 is 16.4 Å². The number of amides is 2. The molecular formula is C31H27BrN4O2S. The van der Waals surface area contributed by atoms with Crippen molar-refractivity contribution in [3.63, 3.8) is 0 Å². The van der Waals surface area contributed by atoms with E-state index in [9.17, 15) is 9.59 Å². The molecule has 0 spiro atoms. The molecule has 0 aliphatic heterocycles. The molecule has 0 bridgehead atoms. The van der Waals surface area contributed by atoms with Crippen LogP contribution >= 0.6 is 27.3 Å². The minimum Gasteiger partial charge on any atom is -0.397 e. The molecule has 0 radical (unpaired) electrons. The Labute approximate surface area is 239 Å². The number of rotatable bonds is 6. The third-order valence-electron chi connectivity index (χ3n) is 6.55. The molecule has 2 heterocycles. The van der Waals surface area contributed by atoms with Crippen LogP contribution in [0.4, 0.5) is 11.4 Å². The van der Waals surface area contributed by atoms with Crippen molar-refractivity contribution in [1.29, 1.82) is 0 Å². The third kappa shape index (κ3) is 5.44. The molecule has 0 saturated carbocycles. The number of hydrogen-bond donors (Lipinski definition) is 3. The van der Waals surface area contributed by atoms with Crippen LogP contribution in [0.1, 0.15) is 42.4 Å². The van der Waals surface area contributed by atoms with Crippen LogP contribution in [0, 0.1) is 20.8 Å². The molecule has 2 aromatic heterocycles. The summed E-state index contributed by atoms with van der Waals surface area (Å²) in [7, 11) is 0. The molecule has 5 aromatic rings. The number of anilines is 2. The van der Waals surface area contributed by atoms with E-state index in [-0.39, 0.29) is 11.8 Å². The lowest BCUT2D eigenvalue weighted by Gasteiger charge is -2.16. The van der Waals surface area contributed by atoms with Crippen molar-refractivity contribution in [1.82, 2.24) is 10.3 Å². The Balaban J connectivity index is 1.62. The van der Waals surface area contributed by atoms with Gasteiger partial charge in [-0.1, -0.05) is 76.1 Å². The van der Waals surface area contributed by atoms with Crippen LogP contribution in [-0.4, -0.2) is 16.8 Å². The van der Waals surface area contributed by atoms with Crippen molar-refractivity contribution in [3.8, 4) is 11.1 Å². The molecule has 196 valence electrons. The number of carbonyl (C=O) groups is 2. The summed E-state index contributed by atoms with van der Waals surface area (Å²) >= 11 is 4.73. The summed E-state index contributed by atoms with van der Waals surface area (Å²) in [6.07, 6.45) is 0. The van der Waals surface area contributed by atoms with E-state index < -0.39 is 0 Å². The molecule has 0 fully saturated rings. The summed E-state index contributed by atoms with van der Waals surface area (Å²) in [5, 5.41) is 6.62. The highest BCUT2D eigenvalue weighted by Gasteiger charge is 2.27. The molecule has 0 atom stereocenters. The highest BCUT2D eigenvalue weighted by Crippen LogP contribution is 2.42. The predicted octanol–water partition coefficient (Wildman–Crippen LogP) is 7.42. The largest absolute Gasteiger partial charge is 0.397 e. The van der Waals surface area contributed by atoms with Gasteiger partial charge in [0.15, 0.2) is 0 Å². The van der Waals surface area contributed by atoms with Gasteiger partial charge in [0.2, 0.25) is 0 Å². The van der Waals surface area contributed by atoms with Crippen molar-refractivity contribution in [3.05, 3.63) is 110 Å². The van der Waals surface area contributed by atoms with Crippen LogP contribution in [0.3, 0.4) is 0 Å². The molecule has 39 heavy (non-hydrogen) atoms. The number of nitrogen functional groups attached to an aromatic ring is 1. The van der Waals surface area contributed by atoms with Gasteiger partial charge in [-0.25, -0.2) is 4.98 Å². The minimum absolute atomic E-state index is 0.278. The summed E-state index contributed by atoms with van der Waals surface area (Å²) < 4.78 is 0.911. The number of aromatic nitrogens is 1. The Kier molecular flexibility index (Phi) is 7.50. The fraction of sp³-hybridized carbons (Fsp3) is 0.129. The number of benzene rings is 3. The first-order chi connectivity index (χ1) is 18.7. The second kappa shape index (κ2) is 11.0. The van der Waals surface area contributed by atoms with Gasteiger partial charge in [-0.3, -0.25) is 9.59 Å². The van der Waals surface area contributed by atoms with Crippen LogP contribution in [0.5, 0.6) is 0 Å².